The summed E-state index contributed by atoms with van der Waals surface area (Å²) in [4.78, 5) is 21.6. The molecule has 1 unspecified atom stereocenters. The van der Waals surface area contributed by atoms with Gasteiger partial charge in [0, 0.05) is 11.5 Å². The van der Waals surface area contributed by atoms with Crippen molar-refractivity contribution in [2.75, 3.05) is 13.2 Å². The first kappa shape index (κ1) is 14.7. The molecule has 6 heteroatoms. The van der Waals surface area contributed by atoms with Crippen LogP contribution < -0.4 is 10.9 Å². The van der Waals surface area contributed by atoms with Crippen LogP contribution in [0.15, 0.2) is 4.79 Å². The zero-order chi connectivity index (χ0) is 14.8. The standard InChI is InChI=1S/C15H21N3O2S/c1-9-10(2)21-15-13(9)14(19)17-12(18-15)8-16-6-5-11-4-3-7-20-11/h11,16H,3-8H2,1-2H3,(H,17,18,19). The van der Waals surface area contributed by atoms with E-state index in [-0.39, 0.29) is 5.56 Å². The van der Waals surface area contributed by atoms with E-state index < -0.39 is 0 Å². The highest BCUT2D eigenvalue weighted by Gasteiger charge is 2.15. The molecule has 21 heavy (non-hydrogen) atoms. The number of aryl methyl sites for hydroxylation is 2. The van der Waals surface area contributed by atoms with Gasteiger partial charge in [0.15, 0.2) is 0 Å². The van der Waals surface area contributed by atoms with E-state index in [4.69, 9.17) is 4.74 Å². The van der Waals surface area contributed by atoms with Crippen LogP contribution in [0.25, 0.3) is 10.2 Å². The quantitative estimate of drug-likeness (QED) is 0.832. The smallest absolute Gasteiger partial charge is 0.259 e. The van der Waals surface area contributed by atoms with Gasteiger partial charge >= 0.3 is 0 Å². The first-order chi connectivity index (χ1) is 10.1. The molecular weight excluding hydrogens is 286 g/mol. The van der Waals surface area contributed by atoms with E-state index in [1.165, 1.54) is 6.42 Å². The number of rotatable bonds is 5. The molecule has 2 aromatic rings. The first-order valence-corrected chi connectivity index (χ1v) is 8.28. The van der Waals surface area contributed by atoms with Gasteiger partial charge in [-0.3, -0.25) is 4.79 Å². The average molecular weight is 307 g/mol. The summed E-state index contributed by atoms with van der Waals surface area (Å²) < 4.78 is 5.59. The van der Waals surface area contributed by atoms with Gasteiger partial charge in [-0.25, -0.2) is 4.98 Å². The SMILES string of the molecule is Cc1sc2nc(CNCCC3CCCO3)[nH]c(=O)c2c1C. The van der Waals surface area contributed by atoms with Gasteiger partial charge in [-0.1, -0.05) is 0 Å². The highest BCUT2D eigenvalue weighted by atomic mass is 32.1. The molecule has 0 saturated carbocycles. The van der Waals surface area contributed by atoms with Crippen LogP contribution in [0.1, 0.15) is 35.5 Å². The van der Waals surface area contributed by atoms with E-state index in [0.717, 1.165) is 46.7 Å². The van der Waals surface area contributed by atoms with Gasteiger partial charge in [0.1, 0.15) is 10.7 Å². The maximum atomic E-state index is 12.1. The van der Waals surface area contributed by atoms with Gasteiger partial charge in [-0.2, -0.15) is 0 Å². The topological polar surface area (TPSA) is 67.0 Å². The van der Waals surface area contributed by atoms with Crippen molar-refractivity contribution in [3.8, 4) is 0 Å². The number of ether oxygens (including phenoxy) is 1. The number of thiophene rings is 1. The third-order valence-electron chi connectivity index (χ3n) is 4.05. The number of H-pyrrole nitrogens is 1. The van der Waals surface area contributed by atoms with Crippen LogP contribution in [0.3, 0.4) is 0 Å². The zero-order valence-electron chi connectivity index (χ0n) is 12.5. The van der Waals surface area contributed by atoms with Crippen LogP contribution in [-0.2, 0) is 11.3 Å². The predicted octanol–water partition coefficient (Wildman–Crippen LogP) is 2.26. The molecular formula is C15H21N3O2S. The third-order valence-corrected chi connectivity index (χ3v) is 5.15. The Bertz CT molecular complexity index is 686. The van der Waals surface area contributed by atoms with Crippen LogP contribution in [0.4, 0.5) is 0 Å². The Labute approximate surface area is 127 Å². The summed E-state index contributed by atoms with van der Waals surface area (Å²) in [7, 11) is 0. The molecule has 0 amide bonds. The van der Waals surface area contributed by atoms with E-state index >= 15 is 0 Å². The minimum absolute atomic E-state index is 0.0298. The molecule has 0 radical (unpaired) electrons. The molecule has 0 spiro atoms. The number of hydrogen-bond acceptors (Lipinski definition) is 5. The Morgan fingerprint density at radius 1 is 1.48 bits per heavy atom. The molecule has 5 nitrogen and oxygen atoms in total. The normalized spacial score (nSPS) is 18.7. The number of hydrogen-bond donors (Lipinski definition) is 2. The van der Waals surface area contributed by atoms with E-state index in [2.05, 4.69) is 15.3 Å². The number of nitrogens with one attached hydrogen (secondary N) is 2. The van der Waals surface area contributed by atoms with Crippen molar-refractivity contribution in [2.24, 2.45) is 0 Å². The Hall–Kier alpha value is -1.24. The second kappa shape index (κ2) is 6.25. The molecule has 0 bridgehead atoms. The van der Waals surface area contributed by atoms with Crippen LogP contribution in [-0.4, -0.2) is 29.2 Å². The van der Waals surface area contributed by atoms with Crippen LogP contribution >= 0.6 is 11.3 Å². The lowest BCUT2D eigenvalue weighted by Gasteiger charge is -2.09. The van der Waals surface area contributed by atoms with Crippen molar-refractivity contribution >= 4 is 21.6 Å². The van der Waals surface area contributed by atoms with Crippen molar-refractivity contribution in [1.29, 1.82) is 0 Å². The van der Waals surface area contributed by atoms with Gasteiger partial charge in [0.2, 0.25) is 0 Å². The molecule has 0 aliphatic carbocycles. The summed E-state index contributed by atoms with van der Waals surface area (Å²) in [6.45, 7) is 6.38. The fraction of sp³-hybridized carbons (Fsp3) is 0.600. The molecule has 114 valence electrons. The Morgan fingerprint density at radius 3 is 3.10 bits per heavy atom. The van der Waals surface area contributed by atoms with E-state index in [1.54, 1.807) is 11.3 Å². The summed E-state index contributed by atoms with van der Waals surface area (Å²) in [5.41, 5.74) is 1.01. The highest BCUT2D eigenvalue weighted by Crippen LogP contribution is 2.25. The predicted molar refractivity (Wildman–Crippen MR) is 85.0 cm³/mol. The monoisotopic (exact) mass is 307 g/mol. The minimum atomic E-state index is -0.0298. The number of nitrogens with zero attached hydrogens (tertiary/aromatic N) is 1. The summed E-state index contributed by atoms with van der Waals surface area (Å²) in [5.74, 6) is 0.709. The van der Waals surface area contributed by atoms with Gasteiger partial charge < -0.3 is 15.0 Å². The van der Waals surface area contributed by atoms with Crippen LogP contribution in [0.2, 0.25) is 0 Å². The minimum Gasteiger partial charge on any atom is -0.378 e. The molecule has 1 fully saturated rings. The fourth-order valence-electron chi connectivity index (χ4n) is 2.72. The second-order valence-electron chi connectivity index (χ2n) is 5.58. The molecule has 3 rings (SSSR count). The zero-order valence-corrected chi connectivity index (χ0v) is 13.3. The molecule has 1 aliphatic heterocycles. The lowest BCUT2D eigenvalue weighted by Crippen LogP contribution is -2.22. The van der Waals surface area contributed by atoms with Crippen molar-refractivity contribution in [3.63, 3.8) is 0 Å². The molecule has 2 N–H and O–H groups in total. The van der Waals surface area contributed by atoms with E-state index in [0.29, 0.717) is 18.5 Å². The third kappa shape index (κ3) is 3.17. The molecule has 3 heterocycles. The van der Waals surface area contributed by atoms with Crippen molar-refractivity contribution < 1.29 is 4.74 Å². The second-order valence-corrected chi connectivity index (χ2v) is 6.78. The maximum absolute atomic E-state index is 12.1. The average Bonchev–Trinajstić information content (AvgIpc) is 3.04. The van der Waals surface area contributed by atoms with Crippen LogP contribution in [0.5, 0.6) is 0 Å². The van der Waals surface area contributed by atoms with E-state index in [1.807, 2.05) is 13.8 Å². The number of aromatic nitrogens is 2. The van der Waals surface area contributed by atoms with E-state index in [9.17, 15) is 4.79 Å². The number of fused-ring (bicyclic) bond motifs is 1. The van der Waals surface area contributed by atoms with Gasteiger partial charge in [-0.05, 0) is 45.2 Å². The maximum Gasteiger partial charge on any atom is 0.259 e. The van der Waals surface area contributed by atoms with Gasteiger partial charge in [0.25, 0.3) is 5.56 Å². The number of aromatic amines is 1. The summed E-state index contributed by atoms with van der Waals surface area (Å²) in [6, 6.07) is 0. The molecule has 0 aromatic carbocycles. The molecule has 1 atom stereocenters. The summed E-state index contributed by atoms with van der Waals surface area (Å²) >= 11 is 1.59. The molecule has 2 aromatic heterocycles. The Balaban J connectivity index is 1.63. The van der Waals surface area contributed by atoms with Crippen molar-refractivity contribution in [3.05, 3.63) is 26.6 Å². The summed E-state index contributed by atoms with van der Waals surface area (Å²) in [5, 5.41) is 4.07. The fourth-order valence-corrected chi connectivity index (χ4v) is 3.77. The van der Waals surface area contributed by atoms with Crippen LogP contribution in [0, 0.1) is 13.8 Å². The Kier molecular flexibility index (Phi) is 4.37. The van der Waals surface area contributed by atoms with Gasteiger partial charge in [-0.15, -0.1) is 11.3 Å². The lowest BCUT2D eigenvalue weighted by molar-refractivity contribution is 0.104. The highest BCUT2D eigenvalue weighted by molar-refractivity contribution is 7.18. The lowest BCUT2D eigenvalue weighted by atomic mass is 10.2. The molecule has 1 saturated heterocycles. The largest absolute Gasteiger partial charge is 0.378 e. The van der Waals surface area contributed by atoms with Crippen molar-refractivity contribution in [2.45, 2.75) is 45.8 Å². The molecule has 1 aliphatic rings. The summed E-state index contributed by atoms with van der Waals surface area (Å²) in [6.07, 6.45) is 3.75. The Morgan fingerprint density at radius 2 is 2.33 bits per heavy atom. The van der Waals surface area contributed by atoms with Crippen molar-refractivity contribution in [1.82, 2.24) is 15.3 Å². The van der Waals surface area contributed by atoms with Gasteiger partial charge in [0.05, 0.1) is 18.0 Å². The first-order valence-electron chi connectivity index (χ1n) is 7.46.